The van der Waals surface area contributed by atoms with Crippen molar-refractivity contribution in [2.45, 2.75) is 12.8 Å². The van der Waals surface area contributed by atoms with Gasteiger partial charge < -0.3 is 9.64 Å². The molecular formula is C24H19N3O4. The summed E-state index contributed by atoms with van der Waals surface area (Å²) < 4.78 is 5.41. The minimum atomic E-state index is -0.651. The third-order valence-corrected chi connectivity index (χ3v) is 5.27. The second-order valence-electron chi connectivity index (χ2n) is 7.26. The smallest absolute Gasteiger partial charge is 0.343 e. The zero-order valence-electron chi connectivity index (χ0n) is 16.7. The van der Waals surface area contributed by atoms with Crippen LogP contribution in [0.1, 0.15) is 28.8 Å². The van der Waals surface area contributed by atoms with Crippen molar-refractivity contribution >= 4 is 17.3 Å². The summed E-state index contributed by atoms with van der Waals surface area (Å²) in [6.45, 7) is 1.55. The molecule has 1 aliphatic heterocycles. The van der Waals surface area contributed by atoms with Crippen molar-refractivity contribution in [3.05, 3.63) is 88.0 Å². The Hall–Kier alpha value is -4.18. The summed E-state index contributed by atoms with van der Waals surface area (Å²) in [4.78, 5) is 25.6. The molecular weight excluding hydrogens is 394 g/mol. The third-order valence-electron chi connectivity index (χ3n) is 5.27. The fraction of sp³-hybridized carbons (Fsp3) is 0.167. The van der Waals surface area contributed by atoms with Crippen LogP contribution in [0.25, 0.3) is 11.1 Å². The zero-order valence-corrected chi connectivity index (χ0v) is 16.7. The van der Waals surface area contributed by atoms with Crippen LogP contribution in [0.5, 0.6) is 5.75 Å². The molecule has 1 fully saturated rings. The number of nitrogens with zero attached hydrogens (tertiary/aromatic N) is 3. The highest BCUT2D eigenvalue weighted by Crippen LogP contribution is 2.32. The van der Waals surface area contributed by atoms with Gasteiger partial charge in [-0.25, -0.2) is 4.79 Å². The van der Waals surface area contributed by atoms with Gasteiger partial charge in [0.05, 0.1) is 22.1 Å². The van der Waals surface area contributed by atoms with E-state index in [0.717, 1.165) is 37.1 Å². The summed E-state index contributed by atoms with van der Waals surface area (Å²) in [6, 6.07) is 20.7. The van der Waals surface area contributed by atoms with E-state index in [2.05, 4.69) is 6.07 Å². The van der Waals surface area contributed by atoms with Gasteiger partial charge in [0.25, 0.3) is 5.69 Å². The van der Waals surface area contributed by atoms with E-state index >= 15 is 0 Å². The Balaban J connectivity index is 1.50. The normalized spacial score (nSPS) is 12.9. The molecule has 0 aromatic heterocycles. The summed E-state index contributed by atoms with van der Waals surface area (Å²) in [5, 5.41) is 20.4. The number of hydrogen-bond donors (Lipinski definition) is 0. The van der Waals surface area contributed by atoms with Crippen molar-refractivity contribution in [2.75, 3.05) is 18.0 Å². The lowest BCUT2D eigenvalue weighted by atomic mass is 10.0. The summed E-state index contributed by atoms with van der Waals surface area (Å²) in [6.07, 6.45) is 2.00. The molecule has 0 radical (unpaired) electrons. The molecule has 3 aromatic rings. The van der Waals surface area contributed by atoms with Crippen LogP contribution in [0.15, 0.2) is 66.7 Å². The van der Waals surface area contributed by atoms with Crippen molar-refractivity contribution < 1.29 is 14.5 Å². The second-order valence-corrected chi connectivity index (χ2v) is 7.26. The Morgan fingerprint density at radius 2 is 1.58 bits per heavy atom. The summed E-state index contributed by atoms with van der Waals surface area (Å²) in [5.74, 6) is -0.309. The van der Waals surface area contributed by atoms with E-state index in [1.165, 1.54) is 6.07 Å². The van der Waals surface area contributed by atoms with Crippen molar-refractivity contribution in [3.63, 3.8) is 0 Å². The van der Waals surface area contributed by atoms with Gasteiger partial charge in [-0.1, -0.05) is 24.3 Å². The Bertz CT molecular complexity index is 1160. The average Bonchev–Trinajstić information content (AvgIpc) is 3.34. The van der Waals surface area contributed by atoms with Crippen molar-refractivity contribution in [1.29, 1.82) is 5.26 Å². The van der Waals surface area contributed by atoms with E-state index in [0.29, 0.717) is 17.0 Å². The van der Waals surface area contributed by atoms with E-state index in [1.807, 2.05) is 29.2 Å². The maximum absolute atomic E-state index is 12.6. The SMILES string of the molecule is N#Cc1ccc(-c2ccc(OC(=O)c3ccc(N4CCCC4)c([N+](=O)[O-])c3)cc2)cc1. The summed E-state index contributed by atoms with van der Waals surface area (Å²) in [7, 11) is 0. The molecule has 0 aliphatic carbocycles. The number of ether oxygens (including phenoxy) is 1. The number of anilines is 1. The monoisotopic (exact) mass is 413 g/mol. The molecule has 0 spiro atoms. The van der Waals surface area contributed by atoms with Crippen LogP contribution in [-0.4, -0.2) is 24.0 Å². The standard InChI is InChI=1S/C24H19N3O4/c25-16-17-3-5-18(6-4-17)19-7-10-21(11-8-19)31-24(28)20-9-12-22(23(15-20)27(29)30)26-13-1-2-14-26/h3-12,15H,1-2,13-14H2. The van der Waals surface area contributed by atoms with Gasteiger partial charge in [-0.2, -0.15) is 5.26 Å². The molecule has 31 heavy (non-hydrogen) atoms. The Kier molecular flexibility index (Phi) is 5.63. The molecule has 1 aliphatic rings. The van der Waals surface area contributed by atoms with Crippen molar-refractivity contribution in [1.82, 2.24) is 0 Å². The number of nitriles is 1. The minimum absolute atomic E-state index is 0.0903. The largest absolute Gasteiger partial charge is 0.423 e. The lowest BCUT2D eigenvalue weighted by molar-refractivity contribution is -0.384. The van der Waals surface area contributed by atoms with Gasteiger partial charge in [0.2, 0.25) is 0 Å². The lowest BCUT2D eigenvalue weighted by Crippen LogP contribution is -2.19. The molecule has 0 saturated carbocycles. The van der Waals surface area contributed by atoms with Crippen LogP contribution < -0.4 is 9.64 Å². The fourth-order valence-electron chi connectivity index (χ4n) is 3.64. The number of carbonyl (C=O) groups excluding carboxylic acids is 1. The molecule has 7 nitrogen and oxygen atoms in total. The number of benzene rings is 3. The van der Waals surface area contributed by atoms with Gasteiger partial charge in [-0.3, -0.25) is 10.1 Å². The first-order valence-corrected chi connectivity index (χ1v) is 9.91. The van der Waals surface area contributed by atoms with Gasteiger partial charge >= 0.3 is 5.97 Å². The van der Waals surface area contributed by atoms with Crippen molar-refractivity contribution in [3.8, 4) is 22.9 Å². The van der Waals surface area contributed by atoms with Crippen LogP contribution in [-0.2, 0) is 0 Å². The van der Waals surface area contributed by atoms with Gasteiger partial charge in [-0.05, 0) is 60.4 Å². The van der Waals surface area contributed by atoms with E-state index in [1.54, 1.807) is 36.4 Å². The van der Waals surface area contributed by atoms with E-state index in [-0.39, 0.29) is 11.3 Å². The third kappa shape index (κ3) is 4.38. The van der Waals surface area contributed by atoms with Crippen molar-refractivity contribution in [2.24, 2.45) is 0 Å². The molecule has 0 N–H and O–H groups in total. The first kappa shape index (κ1) is 20.1. The molecule has 154 valence electrons. The fourth-order valence-corrected chi connectivity index (χ4v) is 3.64. The quantitative estimate of drug-likeness (QED) is 0.254. The van der Waals surface area contributed by atoms with Gasteiger partial charge in [-0.15, -0.1) is 0 Å². The Morgan fingerprint density at radius 1 is 0.968 bits per heavy atom. The molecule has 0 atom stereocenters. The maximum Gasteiger partial charge on any atom is 0.343 e. The molecule has 1 heterocycles. The Labute approximate surface area is 179 Å². The first-order chi connectivity index (χ1) is 15.0. The molecule has 1 saturated heterocycles. The van der Waals surface area contributed by atoms with E-state index in [4.69, 9.17) is 10.00 Å². The molecule has 4 rings (SSSR count). The second kappa shape index (κ2) is 8.67. The maximum atomic E-state index is 12.6. The van der Waals surface area contributed by atoms with E-state index < -0.39 is 10.9 Å². The predicted molar refractivity (Wildman–Crippen MR) is 116 cm³/mol. The molecule has 0 unspecified atom stereocenters. The highest BCUT2D eigenvalue weighted by molar-refractivity contribution is 5.93. The zero-order chi connectivity index (χ0) is 21.8. The van der Waals surface area contributed by atoms with Gasteiger partial charge in [0, 0.05) is 19.2 Å². The van der Waals surface area contributed by atoms with Crippen LogP contribution in [0, 0.1) is 21.4 Å². The van der Waals surface area contributed by atoms with Gasteiger partial charge in [0.15, 0.2) is 0 Å². The Morgan fingerprint density at radius 3 is 2.16 bits per heavy atom. The topological polar surface area (TPSA) is 96.5 Å². The summed E-state index contributed by atoms with van der Waals surface area (Å²) in [5.41, 5.74) is 3.00. The first-order valence-electron chi connectivity index (χ1n) is 9.91. The summed E-state index contributed by atoms with van der Waals surface area (Å²) >= 11 is 0. The van der Waals surface area contributed by atoms with Crippen LogP contribution in [0.3, 0.4) is 0 Å². The molecule has 0 bridgehead atoms. The highest BCUT2D eigenvalue weighted by atomic mass is 16.6. The minimum Gasteiger partial charge on any atom is -0.423 e. The lowest BCUT2D eigenvalue weighted by Gasteiger charge is -2.17. The number of nitro groups is 1. The van der Waals surface area contributed by atoms with Crippen LogP contribution >= 0.6 is 0 Å². The molecule has 7 heteroatoms. The highest BCUT2D eigenvalue weighted by Gasteiger charge is 2.24. The van der Waals surface area contributed by atoms with Crippen LogP contribution in [0.2, 0.25) is 0 Å². The number of hydrogen-bond acceptors (Lipinski definition) is 6. The molecule has 0 amide bonds. The van der Waals surface area contributed by atoms with Crippen LogP contribution in [0.4, 0.5) is 11.4 Å². The average molecular weight is 413 g/mol. The van der Waals surface area contributed by atoms with Gasteiger partial charge in [0.1, 0.15) is 11.4 Å². The number of esters is 1. The van der Waals surface area contributed by atoms with E-state index in [9.17, 15) is 14.9 Å². The number of carbonyl (C=O) groups is 1. The number of nitro benzene ring substituents is 1. The molecule has 3 aromatic carbocycles. The number of rotatable bonds is 5. The predicted octanol–water partition coefficient (Wildman–Crippen LogP) is 4.95.